The van der Waals surface area contributed by atoms with Gasteiger partial charge in [-0.15, -0.1) is 0 Å². The highest BCUT2D eigenvalue weighted by Crippen LogP contribution is 2.31. The van der Waals surface area contributed by atoms with Crippen LogP contribution in [0.5, 0.6) is 0 Å². The maximum Gasteiger partial charge on any atom is 0.167 e. The number of hydrogen-bond donors (Lipinski definition) is 5. The lowest BCUT2D eigenvalue weighted by Crippen LogP contribution is -2.41. The first-order chi connectivity index (χ1) is 11.0. The summed E-state index contributed by atoms with van der Waals surface area (Å²) in [6, 6.07) is -0.00784. The van der Waals surface area contributed by atoms with Crippen LogP contribution in [-0.2, 0) is 4.74 Å². The van der Waals surface area contributed by atoms with Crippen LogP contribution < -0.4 is 16.8 Å². The van der Waals surface area contributed by atoms with Crippen molar-refractivity contribution in [3.8, 4) is 0 Å². The summed E-state index contributed by atoms with van der Waals surface area (Å²) in [6.07, 6.45) is -0.719. The summed E-state index contributed by atoms with van der Waals surface area (Å²) in [5.74, 6) is 0.247. The molecule has 10 nitrogen and oxygen atoms in total. The van der Waals surface area contributed by atoms with E-state index in [0.717, 1.165) is 0 Å². The summed E-state index contributed by atoms with van der Waals surface area (Å²) in [5, 5.41) is 23.6. The van der Waals surface area contributed by atoms with Crippen molar-refractivity contribution in [1.29, 1.82) is 0 Å². The largest absolute Gasteiger partial charge is 0.387 e. The second kappa shape index (κ2) is 6.34. The monoisotopic (exact) mass is 323 g/mol. The van der Waals surface area contributed by atoms with Gasteiger partial charge in [0.25, 0.3) is 0 Å². The second-order valence-corrected chi connectivity index (χ2v) is 5.76. The van der Waals surface area contributed by atoms with E-state index in [2.05, 4.69) is 20.3 Å². The normalized spacial score (nSPS) is 29.2. The number of nitrogen functional groups attached to an aromatic ring is 1. The molecule has 1 saturated heterocycles. The van der Waals surface area contributed by atoms with Gasteiger partial charge in [-0.25, -0.2) is 15.0 Å². The van der Waals surface area contributed by atoms with Crippen LogP contribution in [0.4, 0.5) is 5.82 Å². The van der Waals surface area contributed by atoms with E-state index in [1.54, 1.807) is 4.57 Å². The van der Waals surface area contributed by atoms with E-state index in [1.807, 2.05) is 6.92 Å². The lowest BCUT2D eigenvalue weighted by atomic mass is 10.1. The van der Waals surface area contributed by atoms with Gasteiger partial charge in [0, 0.05) is 19.1 Å². The minimum Gasteiger partial charge on any atom is -0.387 e. The number of hydrogen-bond acceptors (Lipinski definition) is 9. The maximum atomic E-state index is 10.3. The second-order valence-electron chi connectivity index (χ2n) is 5.76. The van der Waals surface area contributed by atoms with E-state index >= 15 is 0 Å². The molecule has 7 N–H and O–H groups in total. The molecule has 0 saturated carbocycles. The molecule has 1 aliphatic rings. The molecule has 3 heterocycles. The molecular weight excluding hydrogens is 302 g/mol. The zero-order valence-electron chi connectivity index (χ0n) is 12.7. The molecule has 126 valence electrons. The average molecular weight is 323 g/mol. The molecular formula is C13H21N7O3. The molecule has 0 bridgehead atoms. The van der Waals surface area contributed by atoms with Gasteiger partial charge in [-0.2, -0.15) is 0 Å². The lowest BCUT2D eigenvalue weighted by Gasteiger charge is -2.16. The molecule has 3 rings (SSSR count). The Bertz CT molecular complexity index is 677. The number of nitrogens with two attached hydrogens (primary N) is 2. The van der Waals surface area contributed by atoms with E-state index < -0.39 is 24.5 Å². The van der Waals surface area contributed by atoms with E-state index in [-0.39, 0.29) is 11.9 Å². The molecule has 1 fully saturated rings. The minimum absolute atomic E-state index is 0.00784. The van der Waals surface area contributed by atoms with Gasteiger partial charge in [-0.1, -0.05) is 0 Å². The van der Waals surface area contributed by atoms with E-state index in [9.17, 15) is 10.2 Å². The first kappa shape index (κ1) is 16.0. The van der Waals surface area contributed by atoms with Crippen molar-refractivity contribution in [2.45, 2.75) is 37.5 Å². The Kier molecular flexibility index (Phi) is 4.41. The van der Waals surface area contributed by atoms with Crippen molar-refractivity contribution in [3.05, 3.63) is 12.7 Å². The van der Waals surface area contributed by atoms with Crippen molar-refractivity contribution in [2.24, 2.45) is 5.73 Å². The highest BCUT2D eigenvalue weighted by Gasteiger charge is 2.44. The minimum atomic E-state index is -1.11. The van der Waals surface area contributed by atoms with Gasteiger partial charge >= 0.3 is 0 Å². The topological polar surface area (TPSA) is 157 Å². The predicted octanol–water partition coefficient (Wildman–Crippen LogP) is -2.04. The maximum absolute atomic E-state index is 10.3. The molecule has 1 aliphatic heterocycles. The SMILES string of the molecule is CC(N)CNC[C@H]1O[C@@H](n2cnc3c(N)ncnc32)C(O)C1O. The van der Waals surface area contributed by atoms with Crippen LogP contribution in [-0.4, -0.2) is 67.2 Å². The number of aliphatic hydroxyl groups excluding tert-OH is 2. The van der Waals surface area contributed by atoms with Crippen LogP contribution in [0.3, 0.4) is 0 Å². The predicted molar refractivity (Wildman–Crippen MR) is 82.2 cm³/mol. The standard InChI is InChI=1S/C13H21N7O3/c1-6(14)2-16-3-7-9(21)10(22)13(23-7)20-5-19-8-11(15)17-4-18-12(8)20/h4-7,9-10,13,16,21-22H,2-3,14H2,1H3,(H2,15,17,18)/t6?,7-,9?,10?,13-/m1/s1. The van der Waals surface area contributed by atoms with Crippen molar-refractivity contribution in [2.75, 3.05) is 18.8 Å². The van der Waals surface area contributed by atoms with Gasteiger partial charge in [0.05, 0.1) is 6.33 Å². The lowest BCUT2D eigenvalue weighted by molar-refractivity contribution is -0.0341. The zero-order valence-corrected chi connectivity index (χ0v) is 12.7. The molecule has 3 unspecified atom stereocenters. The Labute approximate surface area is 132 Å². The Morgan fingerprint density at radius 3 is 2.87 bits per heavy atom. The molecule has 0 aromatic carbocycles. The van der Waals surface area contributed by atoms with Gasteiger partial charge in [0.15, 0.2) is 17.7 Å². The molecule has 0 spiro atoms. The first-order valence-electron chi connectivity index (χ1n) is 7.40. The number of aliphatic hydroxyl groups is 2. The summed E-state index contributed by atoms with van der Waals surface area (Å²) in [6.45, 7) is 2.84. The fourth-order valence-electron chi connectivity index (χ4n) is 2.64. The zero-order chi connectivity index (χ0) is 16.6. The first-order valence-corrected chi connectivity index (χ1v) is 7.40. The van der Waals surface area contributed by atoms with Gasteiger partial charge in [-0.3, -0.25) is 4.57 Å². The molecule has 0 aliphatic carbocycles. The summed E-state index contributed by atoms with van der Waals surface area (Å²) in [4.78, 5) is 12.1. The number of ether oxygens (including phenoxy) is 1. The van der Waals surface area contributed by atoms with E-state index in [0.29, 0.717) is 24.3 Å². The quantitative estimate of drug-likeness (QED) is 0.418. The molecule has 2 aromatic rings. The average Bonchev–Trinajstić information content (AvgIpc) is 3.04. The molecule has 23 heavy (non-hydrogen) atoms. The van der Waals surface area contributed by atoms with Crippen LogP contribution in [0.1, 0.15) is 13.2 Å². The van der Waals surface area contributed by atoms with E-state index in [4.69, 9.17) is 16.2 Å². The van der Waals surface area contributed by atoms with Crippen molar-refractivity contribution in [3.63, 3.8) is 0 Å². The number of fused-ring (bicyclic) bond motifs is 1. The molecule has 2 aromatic heterocycles. The van der Waals surface area contributed by atoms with Crippen molar-refractivity contribution < 1.29 is 14.9 Å². The number of anilines is 1. The molecule has 5 atom stereocenters. The van der Waals surface area contributed by atoms with Gasteiger partial charge in [0.1, 0.15) is 30.2 Å². The highest BCUT2D eigenvalue weighted by atomic mass is 16.6. The van der Waals surface area contributed by atoms with Crippen LogP contribution in [0, 0.1) is 0 Å². The summed E-state index contributed by atoms with van der Waals surface area (Å²) < 4.78 is 7.33. The Balaban J connectivity index is 1.78. The van der Waals surface area contributed by atoms with Gasteiger partial charge < -0.3 is 31.7 Å². The number of nitrogens with one attached hydrogen (secondary N) is 1. The number of aromatic nitrogens is 4. The molecule has 0 amide bonds. The fourth-order valence-corrected chi connectivity index (χ4v) is 2.64. The van der Waals surface area contributed by atoms with Crippen LogP contribution in [0.2, 0.25) is 0 Å². The number of imidazole rings is 1. The van der Waals surface area contributed by atoms with Crippen molar-refractivity contribution in [1.82, 2.24) is 24.8 Å². The molecule has 0 radical (unpaired) electrons. The number of nitrogens with zero attached hydrogens (tertiary/aromatic N) is 4. The van der Waals surface area contributed by atoms with Gasteiger partial charge in [0.2, 0.25) is 0 Å². The highest BCUT2D eigenvalue weighted by molar-refractivity contribution is 5.81. The molecule has 10 heteroatoms. The third-order valence-corrected chi connectivity index (χ3v) is 3.81. The van der Waals surface area contributed by atoms with Crippen LogP contribution >= 0.6 is 0 Å². The third-order valence-electron chi connectivity index (χ3n) is 3.81. The Morgan fingerprint density at radius 1 is 1.35 bits per heavy atom. The Morgan fingerprint density at radius 2 is 2.13 bits per heavy atom. The smallest absolute Gasteiger partial charge is 0.167 e. The Hall–Kier alpha value is -1.85. The summed E-state index contributed by atoms with van der Waals surface area (Å²) in [7, 11) is 0. The van der Waals surface area contributed by atoms with Crippen molar-refractivity contribution >= 4 is 17.0 Å². The summed E-state index contributed by atoms with van der Waals surface area (Å²) >= 11 is 0. The van der Waals surface area contributed by atoms with Crippen LogP contribution in [0.25, 0.3) is 11.2 Å². The fraction of sp³-hybridized carbons (Fsp3) is 0.615. The number of rotatable bonds is 5. The van der Waals surface area contributed by atoms with E-state index in [1.165, 1.54) is 12.7 Å². The summed E-state index contributed by atoms with van der Waals surface area (Å²) in [5.41, 5.74) is 12.3. The third kappa shape index (κ3) is 2.99. The van der Waals surface area contributed by atoms with Crippen LogP contribution in [0.15, 0.2) is 12.7 Å². The van der Waals surface area contributed by atoms with Gasteiger partial charge in [-0.05, 0) is 6.92 Å².